The Morgan fingerprint density at radius 1 is 1.30 bits per heavy atom. The summed E-state index contributed by atoms with van der Waals surface area (Å²) in [6.45, 7) is 2.02. The summed E-state index contributed by atoms with van der Waals surface area (Å²) >= 11 is 1.42. The van der Waals surface area contributed by atoms with Crippen molar-refractivity contribution in [2.45, 2.75) is 19.4 Å². The molecule has 5 nitrogen and oxygen atoms in total. The van der Waals surface area contributed by atoms with E-state index in [1.165, 1.54) is 21.8 Å². The predicted octanol–water partition coefficient (Wildman–Crippen LogP) is 2.38. The highest BCUT2D eigenvalue weighted by Gasteiger charge is 2.33. The van der Waals surface area contributed by atoms with Crippen molar-refractivity contribution >= 4 is 27.1 Å². The van der Waals surface area contributed by atoms with E-state index in [0.29, 0.717) is 12.1 Å². The first-order valence-electron chi connectivity index (χ1n) is 7.36. The number of benzene rings is 1. The standard InChI is InChI=1S/C16H18N2O3S2/c1-11-3-5-12(6-4-11)15-17-14(9-22-15)16(19)18(2)13-7-8-23(20,21)10-13/h3-6,9,13H,7-8,10H2,1-2H3. The minimum absolute atomic E-state index is 0.0458. The fourth-order valence-electron chi connectivity index (χ4n) is 2.63. The third kappa shape index (κ3) is 3.45. The van der Waals surface area contributed by atoms with Crippen LogP contribution in [-0.2, 0) is 9.84 Å². The first-order valence-corrected chi connectivity index (χ1v) is 10.1. The molecular formula is C16H18N2O3S2. The number of sulfone groups is 1. The number of nitrogens with zero attached hydrogens (tertiary/aromatic N) is 2. The van der Waals surface area contributed by atoms with E-state index in [4.69, 9.17) is 0 Å². The van der Waals surface area contributed by atoms with Crippen LogP contribution in [0, 0.1) is 6.92 Å². The molecule has 1 atom stereocenters. The van der Waals surface area contributed by atoms with Crippen LogP contribution in [0.15, 0.2) is 29.6 Å². The zero-order valence-electron chi connectivity index (χ0n) is 13.0. The second-order valence-corrected chi connectivity index (χ2v) is 8.96. The quantitative estimate of drug-likeness (QED) is 0.852. The lowest BCUT2D eigenvalue weighted by Crippen LogP contribution is -2.38. The molecule has 23 heavy (non-hydrogen) atoms. The van der Waals surface area contributed by atoms with E-state index in [1.54, 1.807) is 12.4 Å². The van der Waals surface area contributed by atoms with Crippen LogP contribution in [0.4, 0.5) is 0 Å². The lowest BCUT2D eigenvalue weighted by Gasteiger charge is -2.22. The first kappa shape index (κ1) is 16.1. The van der Waals surface area contributed by atoms with Gasteiger partial charge in [-0.05, 0) is 13.3 Å². The molecule has 0 spiro atoms. The Kier molecular flexibility index (Phi) is 4.25. The van der Waals surface area contributed by atoms with E-state index in [0.717, 1.165) is 10.6 Å². The Hall–Kier alpha value is -1.73. The average molecular weight is 350 g/mol. The Morgan fingerprint density at radius 3 is 2.61 bits per heavy atom. The number of rotatable bonds is 3. The number of aryl methyl sites for hydroxylation is 1. The van der Waals surface area contributed by atoms with Crippen LogP contribution in [0.5, 0.6) is 0 Å². The minimum Gasteiger partial charge on any atom is -0.336 e. The SMILES string of the molecule is Cc1ccc(-c2nc(C(=O)N(C)C3CCS(=O)(=O)C3)cs2)cc1. The highest BCUT2D eigenvalue weighted by molar-refractivity contribution is 7.91. The fourth-order valence-corrected chi connectivity index (χ4v) is 5.20. The van der Waals surface area contributed by atoms with Crippen LogP contribution in [0.1, 0.15) is 22.5 Å². The molecule has 1 aromatic heterocycles. The summed E-state index contributed by atoms with van der Waals surface area (Å²) < 4.78 is 23.1. The maximum absolute atomic E-state index is 12.5. The summed E-state index contributed by atoms with van der Waals surface area (Å²) in [5.74, 6) is -0.0211. The number of hydrogen-bond acceptors (Lipinski definition) is 5. The van der Waals surface area contributed by atoms with Gasteiger partial charge in [0.05, 0.1) is 11.5 Å². The monoisotopic (exact) mass is 350 g/mol. The molecule has 1 amide bonds. The van der Waals surface area contributed by atoms with Crippen LogP contribution < -0.4 is 0 Å². The zero-order valence-corrected chi connectivity index (χ0v) is 14.7. The topological polar surface area (TPSA) is 67.3 Å². The molecule has 1 saturated heterocycles. The number of hydrogen-bond donors (Lipinski definition) is 0. The van der Waals surface area contributed by atoms with Crippen molar-refractivity contribution in [1.82, 2.24) is 9.88 Å². The second kappa shape index (κ2) is 6.05. The molecule has 0 radical (unpaired) electrons. The number of carbonyl (C=O) groups excluding carboxylic acids is 1. The van der Waals surface area contributed by atoms with Gasteiger partial charge >= 0.3 is 0 Å². The Bertz CT molecular complexity index is 825. The minimum atomic E-state index is -3.01. The van der Waals surface area contributed by atoms with E-state index in [2.05, 4.69) is 4.98 Å². The van der Waals surface area contributed by atoms with Crippen molar-refractivity contribution in [3.05, 3.63) is 40.9 Å². The van der Waals surface area contributed by atoms with Crippen LogP contribution in [0.3, 0.4) is 0 Å². The molecule has 1 unspecified atom stereocenters. The third-order valence-electron chi connectivity index (χ3n) is 4.10. The smallest absolute Gasteiger partial charge is 0.273 e. The predicted molar refractivity (Wildman–Crippen MR) is 91.4 cm³/mol. The molecule has 0 saturated carbocycles. The first-order chi connectivity index (χ1) is 10.9. The molecule has 0 N–H and O–H groups in total. The molecule has 1 aliphatic heterocycles. The van der Waals surface area contributed by atoms with Crippen LogP contribution in [0.2, 0.25) is 0 Å². The molecule has 1 fully saturated rings. The largest absolute Gasteiger partial charge is 0.336 e. The highest BCUT2D eigenvalue weighted by atomic mass is 32.2. The van der Waals surface area contributed by atoms with Gasteiger partial charge in [-0.25, -0.2) is 13.4 Å². The molecule has 1 aromatic carbocycles. The van der Waals surface area contributed by atoms with Gasteiger partial charge in [0, 0.05) is 24.0 Å². The van der Waals surface area contributed by atoms with Crippen molar-refractivity contribution in [3.63, 3.8) is 0 Å². The molecule has 2 aromatic rings. The van der Waals surface area contributed by atoms with Gasteiger partial charge in [-0.3, -0.25) is 4.79 Å². The van der Waals surface area contributed by atoms with Gasteiger partial charge in [-0.15, -0.1) is 11.3 Å². The lowest BCUT2D eigenvalue weighted by molar-refractivity contribution is 0.0742. The van der Waals surface area contributed by atoms with Crippen LogP contribution in [-0.4, -0.2) is 48.8 Å². The van der Waals surface area contributed by atoms with Gasteiger partial charge in [-0.1, -0.05) is 29.8 Å². The van der Waals surface area contributed by atoms with Gasteiger partial charge in [0.15, 0.2) is 9.84 Å². The maximum Gasteiger partial charge on any atom is 0.273 e. The zero-order chi connectivity index (χ0) is 16.6. The molecule has 7 heteroatoms. The van der Waals surface area contributed by atoms with E-state index in [1.807, 2.05) is 31.2 Å². The molecular weight excluding hydrogens is 332 g/mol. The van der Waals surface area contributed by atoms with Crippen LogP contribution in [0.25, 0.3) is 10.6 Å². The lowest BCUT2D eigenvalue weighted by atomic mass is 10.2. The summed E-state index contributed by atoms with van der Waals surface area (Å²) in [4.78, 5) is 18.4. The molecule has 3 rings (SSSR count). The van der Waals surface area contributed by atoms with Gasteiger partial charge in [0.2, 0.25) is 0 Å². The van der Waals surface area contributed by atoms with Crippen molar-refractivity contribution < 1.29 is 13.2 Å². The Morgan fingerprint density at radius 2 is 2.00 bits per heavy atom. The average Bonchev–Trinajstić information content (AvgIpc) is 3.13. The van der Waals surface area contributed by atoms with E-state index >= 15 is 0 Å². The molecule has 2 heterocycles. The number of amides is 1. The molecule has 0 bridgehead atoms. The van der Waals surface area contributed by atoms with Gasteiger partial charge in [0.25, 0.3) is 5.91 Å². The number of aromatic nitrogens is 1. The summed E-state index contributed by atoms with van der Waals surface area (Å²) in [6.07, 6.45) is 0.500. The van der Waals surface area contributed by atoms with Crippen molar-refractivity contribution in [1.29, 1.82) is 0 Å². The van der Waals surface area contributed by atoms with Crippen molar-refractivity contribution in [3.8, 4) is 10.6 Å². The van der Waals surface area contributed by atoms with Crippen molar-refractivity contribution in [2.24, 2.45) is 0 Å². The molecule has 122 valence electrons. The van der Waals surface area contributed by atoms with E-state index in [-0.39, 0.29) is 23.5 Å². The van der Waals surface area contributed by atoms with Gasteiger partial charge in [-0.2, -0.15) is 0 Å². The highest BCUT2D eigenvalue weighted by Crippen LogP contribution is 2.25. The molecule has 1 aliphatic rings. The normalized spacial score (nSPS) is 19.7. The molecule has 0 aliphatic carbocycles. The summed E-state index contributed by atoms with van der Waals surface area (Å²) in [6, 6.07) is 7.73. The van der Waals surface area contributed by atoms with Crippen molar-refractivity contribution in [2.75, 3.05) is 18.6 Å². The van der Waals surface area contributed by atoms with Crippen LogP contribution >= 0.6 is 11.3 Å². The third-order valence-corrected chi connectivity index (χ3v) is 6.74. The summed E-state index contributed by atoms with van der Waals surface area (Å²) in [7, 11) is -1.36. The Labute approximate surface area is 139 Å². The van der Waals surface area contributed by atoms with Gasteiger partial charge in [0.1, 0.15) is 10.7 Å². The maximum atomic E-state index is 12.5. The van der Waals surface area contributed by atoms with E-state index in [9.17, 15) is 13.2 Å². The number of carbonyl (C=O) groups is 1. The summed E-state index contributed by atoms with van der Waals surface area (Å²) in [5, 5.41) is 2.53. The summed E-state index contributed by atoms with van der Waals surface area (Å²) in [5.41, 5.74) is 2.52. The Balaban J connectivity index is 1.77. The number of thiazole rings is 1. The van der Waals surface area contributed by atoms with E-state index < -0.39 is 9.84 Å². The van der Waals surface area contributed by atoms with Gasteiger partial charge < -0.3 is 4.90 Å². The fraction of sp³-hybridized carbons (Fsp3) is 0.375. The second-order valence-electron chi connectivity index (χ2n) is 5.88.